The highest BCUT2D eigenvalue weighted by Gasteiger charge is 2.10. The molecular formula is C23H21FN4O2. The van der Waals surface area contributed by atoms with Crippen molar-refractivity contribution in [3.63, 3.8) is 0 Å². The maximum absolute atomic E-state index is 13.3. The number of rotatable bonds is 8. The van der Waals surface area contributed by atoms with E-state index >= 15 is 0 Å². The van der Waals surface area contributed by atoms with Crippen molar-refractivity contribution in [2.75, 3.05) is 0 Å². The predicted octanol–water partition coefficient (Wildman–Crippen LogP) is 3.95. The standard InChI is InChI=1S/C23H21FN4O2/c24-18-4-6-21-17(9-18)10-19(28-21)5-7-22(29)16-3-1-2-15(8-16)13-30-23-11-20(12-25)26-14-27-23/h1-4,6,8-11,14,28H,5,7,12-13,25H2. The first-order valence-corrected chi connectivity index (χ1v) is 9.64. The molecule has 0 atom stereocenters. The van der Waals surface area contributed by atoms with Gasteiger partial charge >= 0.3 is 0 Å². The van der Waals surface area contributed by atoms with Crippen molar-refractivity contribution >= 4 is 16.7 Å². The van der Waals surface area contributed by atoms with Gasteiger partial charge in [-0.25, -0.2) is 14.4 Å². The first-order valence-electron chi connectivity index (χ1n) is 9.64. The lowest BCUT2D eigenvalue weighted by Gasteiger charge is -2.07. The minimum atomic E-state index is -0.274. The van der Waals surface area contributed by atoms with Crippen LogP contribution >= 0.6 is 0 Å². The number of ketones is 1. The van der Waals surface area contributed by atoms with Crippen LogP contribution in [0.5, 0.6) is 5.88 Å². The zero-order valence-electron chi connectivity index (χ0n) is 16.3. The molecule has 4 aromatic rings. The van der Waals surface area contributed by atoms with Crippen molar-refractivity contribution in [3.05, 3.63) is 89.3 Å². The molecule has 0 saturated carbocycles. The largest absolute Gasteiger partial charge is 0.473 e. The molecule has 0 fully saturated rings. The number of fused-ring (bicyclic) bond motifs is 1. The van der Waals surface area contributed by atoms with E-state index in [1.54, 1.807) is 18.2 Å². The van der Waals surface area contributed by atoms with Crippen molar-refractivity contribution in [1.29, 1.82) is 0 Å². The van der Waals surface area contributed by atoms with E-state index in [9.17, 15) is 9.18 Å². The number of hydrogen-bond donors (Lipinski definition) is 2. The molecule has 2 aromatic carbocycles. The number of Topliss-reactive ketones (excluding diaryl/α,β-unsaturated/α-hetero) is 1. The molecule has 0 radical (unpaired) electrons. The van der Waals surface area contributed by atoms with Crippen LogP contribution in [0.25, 0.3) is 10.9 Å². The van der Waals surface area contributed by atoms with Crippen molar-refractivity contribution in [1.82, 2.24) is 15.0 Å². The summed E-state index contributed by atoms with van der Waals surface area (Å²) in [7, 11) is 0. The quantitative estimate of drug-likeness (QED) is 0.434. The Bertz CT molecular complexity index is 1190. The van der Waals surface area contributed by atoms with E-state index in [4.69, 9.17) is 10.5 Å². The molecule has 2 heterocycles. The summed E-state index contributed by atoms with van der Waals surface area (Å²) in [6.45, 7) is 0.601. The number of halogens is 1. The molecular weight excluding hydrogens is 383 g/mol. The van der Waals surface area contributed by atoms with Gasteiger partial charge in [0.2, 0.25) is 5.88 Å². The first-order chi connectivity index (χ1) is 14.6. The number of nitrogens with two attached hydrogens (primary N) is 1. The van der Waals surface area contributed by atoms with Crippen LogP contribution in [0.1, 0.15) is 33.7 Å². The van der Waals surface area contributed by atoms with Crippen LogP contribution in [0.4, 0.5) is 4.39 Å². The second kappa shape index (κ2) is 8.84. The molecule has 0 aliphatic rings. The number of ether oxygens (including phenoxy) is 1. The van der Waals surface area contributed by atoms with Gasteiger partial charge < -0.3 is 15.5 Å². The molecule has 0 aliphatic heterocycles. The summed E-state index contributed by atoms with van der Waals surface area (Å²) in [4.78, 5) is 24.0. The van der Waals surface area contributed by atoms with Crippen LogP contribution in [-0.4, -0.2) is 20.7 Å². The topological polar surface area (TPSA) is 93.9 Å². The molecule has 0 unspecified atom stereocenters. The number of aromatic nitrogens is 3. The van der Waals surface area contributed by atoms with Gasteiger partial charge in [0.05, 0.1) is 5.69 Å². The lowest BCUT2D eigenvalue weighted by Crippen LogP contribution is -2.05. The Labute approximate surface area is 172 Å². The number of aryl methyl sites for hydroxylation is 1. The molecule has 152 valence electrons. The van der Waals surface area contributed by atoms with Gasteiger partial charge in [-0.05, 0) is 42.3 Å². The molecule has 0 bridgehead atoms. The molecule has 7 heteroatoms. The van der Waals surface area contributed by atoms with Crippen LogP contribution in [-0.2, 0) is 19.6 Å². The number of benzene rings is 2. The smallest absolute Gasteiger partial charge is 0.216 e. The van der Waals surface area contributed by atoms with Gasteiger partial charge in [-0.15, -0.1) is 0 Å². The van der Waals surface area contributed by atoms with Gasteiger partial charge in [0.25, 0.3) is 0 Å². The molecule has 2 aromatic heterocycles. The summed E-state index contributed by atoms with van der Waals surface area (Å²) in [6.07, 6.45) is 2.32. The molecule has 0 amide bonds. The Morgan fingerprint density at radius 1 is 1.10 bits per heavy atom. The van der Waals surface area contributed by atoms with E-state index < -0.39 is 0 Å². The van der Waals surface area contributed by atoms with E-state index in [0.29, 0.717) is 36.5 Å². The number of nitrogens with zero attached hydrogens (tertiary/aromatic N) is 2. The predicted molar refractivity (Wildman–Crippen MR) is 112 cm³/mol. The molecule has 0 saturated heterocycles. The van der Waals surface area contributed by atoms with Crippen LogP contribution in [0.3, 0.4) is 0 Å². The second-order valence-electron chi connectivity index (χ2n) is 6.99. The fraction of sp³-hybridized carbons (Fsp3) is 0.174. The normalized spacial score (nSPS) is 11.0. The van der Waals surface area contributed by atoms with Crippen LogP contribution in [0.15, 0.2) is 60.9 Å². The van der Waals surface area contributed by atoms with Gasteiger partial charge in [0, 0.05) is 41.2 Å². The number of carbonyl (C=O) groups is 1. The molecule has 30 heavy (non-hydrogen) atoms. The lowest BCUT2D eigenvalue weighted by molar-refractivity contribution is 0.0982. The molecule has 4 rings (SSSR count). The second-order valence-corrected chi connectivity index (χ2v) is 6.99. The minimum Gasteiger partial charge on any atom is -0.473 e. The number of carbonyl (C=O) groups excluding carboxylic acids is 1. The van der Waals surface area contributed by atoms with Crippen molar-refractivity contribution in [2.24, 2.45) is 5.73 Å². The molecule has 0 spiro atoms. The average Bonchev–Trinajstić information content (AvgIpc) is 3.18. The Kier molecular flexibility index (Phi) is 5.81. The average molecular weight is 404 g/mol. The monoisotopic (exact) mass is 404 g/mol. The maximum Gasteiger partial charge on any atom is 0.216 e. The van der Waals surface area contributed by atoms with E-state index in [2.05, 4.69) is 15.0 Å². The maximum atomic E-state index is 13.3. The van der Waals surface area contributed by atoms with Crippen LogP contribution in [0, 0.1) is 5.82 Å². The Hall–Kier alpha value is -3.58. The van der Waals surface area contributed by atoms with E-state index in [-0.39, 0.29) is 18.2 Å². The minimum absolute atomic E-state index is 0.0362. The first kappa shape index (κ1) is 19.7. The van der Waals surface area contributed by atoms with Gasteiger partial charge in [0.1, 0.15) is 18.8 Å². The number of aromatic amines is 1. The summed E-state index contributed by atoms with van der Waals surface area (Å²) in [5.74, 6) is 0.205. The zero-order chi connectivity index (χ0) is 20.9. The third-order valence-electron chi connectivity index (χ3n) is 4.80. The highest BCUT2D eigenvalue weighted by atomic mass is 19.1. The molecule has 3 N–H and O–H groups in total. The van der Waals surface area contributed by atoms with Crippen molar-refractivity contribution in [3.8, 4) is 5.88 Å². The summed E-state index contributed by atoms with van der Waals surface area (Å²) in [6, 6.07) is 15.5. The van der Waals surface area contributed by atoms with Gasteiger partial charge in [-0.2, -0.15) is 0 Å². The van der Waals surface area contributed by atoms with E-state index in [0.717, 1.165) is 22.2 Å². The van der Waals surface area contributed by atoms with Crippen LogP contribution < -0.4 is 10.5 Å². The highest BCUT2D eigenvalue weighted by Crippen LogP contribution is 2.19. The van der Waals surface area contributed by atoms with E-state index in [1.807, 2.05) is 24.3 Å². The van der Waals surface area contributed by atoms with Gasteiger partial charge in [0.15, 0.2) is 5.78 Å². The zero-order valence-corrected chi connectivity index (χ0v) is 16.3. The Morgan fingerprint density at radius 2 is 2.00 bits per heavy atom. The number of hydrogen-bond acceptors (Lipinski definition) is 5. The van der Waals surface area contributed by atoms with E-state index in [1.165, 1.54) is 18.5 Å². The van der Waals surface area contributed by atoms with Gasteiger partial charge in [-0.1, -0.05) is 18.2 Å². The molecule has 6 nitrogen and oxygen atoms in total. The third-order valence-corrected chi connectivity index (χ3v) is 4.80. The van der Waals surface area contributed by atoms with Crippen molar-refractivity contribution in [2.45, 2.75) is 26.0 Å². The van der Waals surface area contributed by atoms with Crippen molar-refractivity contribution < 1.29 is 13.9 Å². The number of nitrogens with one attached hydrogen (secondary N) is 1. The summed E-state index contributed by atoms with van der Waals surface area (Å²) >= 11 is 0. The fourth-order valence-electron chi connectivity index (χ4n) is 3.25. The number of H-pyrrole nitrogens is 1. The Morgan fingerprint density at radius 3 is 2.87 bits per heavy atom. The summed E-state index contributed by atoms with van der Waals surface area (Å²) in [5, 5.41) is 0.805. The SMILES string of the molecule is NCc1cc(OCc2cccc(C(=O)CCc3cc4cc(F)ccc4[nH]3)c2)ncn1. The Balaban J connectivity index is 1.37. The summed E-state index contributed by atoms with van der Waals surface area (Å²) < 4.78 is 19.0. The fourth-order valence-corrected chi connectivity index (χ4v) is 3.25. The highest BCUT2D eigenvalue weighted by molar-refractivity contribution is 5.96. The lowest BCUT2D eigenvalue weighted by atomic mass is 10.0. The van der Waals surface area contributed by atoms with Crippen LogP contribution in [0.2, 0.25) is 0 Å². The third kappa shape index (κ3) is 4.69. The van der Waals surface area contributed by atoms with Gasteiger partial charge in [-0.3, -0.25) is 4.79 Å². The molecule has 0 aliphatic carbocycles. The summed E-state index contributed by atoms with van der Waals surface area (Å²) in [5.41, 5.74) is 9.54.